The van der Waals surface area contributed by atoms with Gasteiger partial charge in [-0.05, 0) is 18.6 Å². The monoisotopic (exact) mass is 228 g/mol. The van der Waals surface area contributed by atoms with Gasteiger partial charge in [-0.3, -0.25) is 0 Å². The Kier molecular flexibility index (Phi) is 2.52. The molecular formula is C10H10ClFN2O. The first-order chi connectivity index (χ1) is 7.09. The maximum absolute atomic E-state index is 13.8. The van der Waals surface area contributed by atoms with Crippen molar-refractivity contribution in [2.24, 2.45) is 0 Å². The summed E-state index contributed by atoms with van der Waals surface area (Å²) in [6, 6.07) is 2.58. The van der Waals surface area contributed by atoms with E-state index in [9.17, 15) is 9.18 Å². The summed E-state index contributed by atoms with van der Waals surface area (Å²) in [6.45, 7) is 2.03. The van der Waals surface area contributed by atoms with Crippen molar-refractivity contribution in [3.63, 3.8) is 0 Å². The average Bonchev–Trinajstić information content (AvgIpc) is 2.59. The van der Waals surface area contributed by atoms with Crippen molar-refractivity contribution < 1.29 is 9.18 Å². The van der Waals surface area contributed by atoms with Crippen molar-refractivity contribution >= 4 is 17.6 Å². The van der Waals surface area contributed by atoms with E-state index in [4.69, 9.17) is 11.6 Å². The quantitative estimate of drug-likeness (QED) is 0.760. The van der Waals surface area contributed by atoms with Gasteiger partial charge in [0, 0.05) is 17.1 Å². The molecule has 1 aliphatic rings. The molecule has 1 saturated heterocycles. The summed E-state index contributed by atoms with van der Waals surface area (Å²) in [4.78, 5) is 10.9. The SMILES string of the molecule is Cc1ccc(Cl)c([C@H]2CNC(=O)N2)c1F. The van der Waals surface area contributed by atoms with E-state index in [2.05, 4.69) is 10.6 Å². The standard InChI is InChI=1S/C10H10ClFN2O/c1-5-2-3-6(11)8(9(5)12)7-4-13-10(15)14-7/h2-3,7H,4H2,1H3,(H2,13,14,15)/t7-/m1/s1. The molecule has 2 amide bonds. The molecule has 5 heteroatoms. The van der Waals surface area contributed by atoms with Gasteiger partial charge in [0.05, 0.1) is 6.04 Å². The minimum absolute atomic E-state index is 0.294. The molecule has 0 aromatic heterocycles. The van der Waals surface area contributed by atoms with Gasteiger partial charge in [0.25, 0.3) is 0 Å². The van der Waals surface area contributed by atoms with Crippen LogP contribution in [-0.2, 0) is 0 Å². The molecule has 3 nitrogen and oxygen atoms in total. The number of nitrogens with one attached hydrogen (secondary N) is 2. The van der Waals surface area contributed by atoms with Crippen LogP contribution < -0.4 is 10.6 Å². The summed E-state index contributed by atoms with van der Waals surface area (Å²) in [5.41, 5.74) is 0.880. The van der Waals surface area contributed by atoms with Crippen LogP contribution in [0.4, 0.5) is 9.18 Å². The molecule has 2 rings (SSSR count). The fourth-order valence-corrected chi connectivity index (χ4v) is 1.90. The number of rotatable bonds is 1. The highest BCUT2D eigenvalue weighted by Crippen LogP contribution is 2.28. The van der Waals surface area contributed by atoms with Gasteiger partial charge in [0.2, 0.25) is 0 Å². The Bertz CT molecular complexity index is 422. The Balaban J connectivity index is 2.43. The van der Waals surface area contributed by atoms with Gasteiger partial charge in [-0.15, -0.1) is 0 Å². The first-order valence-electron chi connectivity index (χ1n) is 4.58. The van der Waals surface area contributed by atoms with E-state index >= 15 is 0 Å². The van der Waals surface area contributed by atoms with Crippen LogP contribution in [0.1, 0.15) is 17.2 Å². The maximum atomic E-state index is 13.8. The Morgan fingerprint density at radius 3 is 2.87 bits per heavy atom. The molecule has 2 N–H and O–H groups in total. The van der Waals surface area contributed by atoms with E-state index in [1.54, 1.807) is 19.1 Å². The van der Waals surface area contributed by atoms with Crippen molar-refractivity contribution in [2.45, 2.75) is 13.0 Å². The van der Waals surface area contributed by atoms with E-state index in [0.29, 0.717) is 22.7 Å². The number of benzene rings is 1. The molecule has 1 aromatic carbocycles. The van der Waals surface area contributed by atoms with Gasteiger partial charge in [-0.2, -0.15) is 0 Å². The molecule has 0 radical (unpaired) electrons. The third-order valence-electron chi connectivity index (χ3n) is 2.44. The van der Waals surface area contributed by atoms with Gasteiger partial charge >= 0.3 is 6.03 Å². The summed E-state index contributed by atoms with van der Waals surface area (Å²) in [6.07, 6.45) is 0. The normalized spacial score (nSPS) is 19.9. The molecule has 1 fully saturated rings. The Labute approximate surface area is 91.6 Å². The summed E-state index contributed by atoms with van der Waals surface area (Å²) in [5.74, 6) is -0.350. The van der Waals surface area contributed by atoms with Crippen molar-refractivity contribution in [3.8, 4) is 0 Å². The lowest BCUT2D eigenvalue weighted by Crippen LogP contribution is -2.22. The van der Waals surface area contributed by atoms with Crippen LogP contribution in [0.5, 0.6) is 0 Å². The average molecular weight is 229 g/mol. The first-order valence-corrected chi connectivity index (χ1v) is 4.96. The minimum atomic E-state index is -0.384. The third-order valence-corrected chi connectivity index (χ3v) is 2.77. The molecule has 0 bridgehead atoms. The highest BCUT2D eigenvalue weighted by Gasteiger charge is 2.26. The number of hydrogen-bond acceptors (Lipinski definition) is 1. The molecule has 80 valence electrons. The lowest BCUT2D eigenvalue weighted by atomic mass is 10.0. The predicted molar refractivity (Wildman–Crippen MR) is 55.4 cm³/mol. The topological polar surface area (TPSA) is 41.1 Å². The molecule has 1 atom stereocenters. The fourth-order valence-electron chi connectivity index (χ4n) is 1.63. The van der Waals surface area contributed by atoms with Gasteiger partial charge in [0.1, 0.15) is 5.82 Å². The molecular weight excluding hydrogens is 219 g/mol. The number of carbonyl (C=O) groups is 1. The summed E-state index contributed by atoms with van der Waals surface area (Å²) in [5, 5.41) is 5.51. The summed E-state index contributed by atoms with van der Waals surface area (Å²) < 4.78 is 13.8. The number of amides is 2. The Hall–Kier alpha value is -1.29. The van der Waals surface area contributed by atoms with Crippen molar-refractivity contribution in [1.29, 1.82) is 0 Å². The van der Waals surface area contributed by atoms with E-state index in [1.807, 2.05) is 0 Å². The third kappa shape index (κ3) is 1.77. The van der Waals surface area contributed by atoms with Crippen LogP contribution >= 0.6 is 11.6 Å². The molecule has 0 unspecified atom stereocenters. The van der Waals surface area contributed by atoms with Crippen molar-refractivity contribution in [1.82, 2.24) is 10.6 Å². The van der Waals surface area contributed by atoms with E-state index in [0.717, 1.165) is 0 Å². The maximum Gasteiger partial charge on any atom is 0.315 e. The first kappa shape index (κ1) is 10.2. The van der Waals surface area contributed by atoms with Crippen LogP contribution in [0, 0.1) is 12.7 Å². The molecule has 1 heterocycles. The highest BCUT2D eigenvalue weighted by atomic mass is 35.5. The Morgan fingerprint density at radius 2 is 2.27 bits per heavy atom. The van der Waals surface area contributed by atoms with Gasteiger partial charge in [0.15, 0.2) is 0 Å². The van der Waals surface area contributed by atoms with Crippen LogP contribution in [-0.4, -0.2) is 12.6 Å². The predicted octanol–water partition coefficient (Wildman–Crippen LogP) is 2.14. The second kappa shape index (κ2) is 3.70. The fraction of sp³-hybridized carbons (Fsp3) is 0.300. The van der Waals surface area contributed by atoms with Crippen LogP contribution in [0.15, 0.2) is 12.1 Å². The summed E-state index contributed by atoms with van der Waals surface area (Å²) in [7, 11) is 0. The molecule has 1 aliphatic heterocycles. The number of hydrogen-bond donors (Lipinski definition) is 2. The lowest BCUT2D eigenvalue weighted by Gasteiger charge is -2.13. The molecule has 0 aliphatic carbocycles. The summed E-state index contributed by atoms with van der Waals surface area (Å²) >= 11 is 5.91. The zero-order valence-electron chi connectivity index (χ0n) is 8.10. The number of halogens is 2. The molecule has 1 aromatic rings. The molecule has 0 saturated carbocycles. The van der Waals surface area contributed by atoms with E-state index in [-0.39, 0.29) is 17.9 Å². The van der Waals surface area contributed by atoms with Gasteiger partial charge in [-0.1, -0.05) is 17.7 Å². The largest absolute Gasteiger partial charge is 0.336 e. The van der Waals surface area contributed by atoms with Crippen LogP contribution in [0.2, 0.25) is 5.02 Å². The second-order valence-electron chi connectivity index (χ2n) is 3.50. The van der Waals surface area contributed by atoms with Gasteiger partial charge < -0.3 is 10.6 Å². The Morgan fingerprint density at radius 1 is 1.53 bits per heavy atom. The number of urea groups is 1. The van der Waals surface area contributed by atoms with Crippen molar-refractivity contribution in [3.05, 3.63) is 34.1 Å². The molecule has 15 heavy (non-hydrogen) atoms. The smallest absolute Gasteiger partial charge is 0.315 e. The van der Waals surface area contributed by atoms with Crippen molar-refractivity contribution in [2.75, 3.05) is 6.54 Å². The lowest BCUT2D eigenvalue weighted by molar-refractivity contribution is 0.247. The second-order valence-corrected chi connectivity index (χ2v) is 3.91. The highest BCUT2D eigenvalue weighted by molar-refractivity contribution is 6.31. The number of carbonyl (C=O) groups excluding carboxylic acids is 1. The zero-order chi connectivity index (χ0) is 11.0. The van der Waals surface area contributed by atoms with E-state index < -0.39 is 0 Å². The van der Waals surface area contributed by atoms with Crippen LogP contribution in [0.3, 0.4) is 0 Å². The minimum Gasteiger partial charge on any atom is -0.336 e. The molecule has 0 spiro atoms. The zero-order valence-corrected chi connectivity index (χ0v) is 8.86. The number of aryl methyl sites for hydroxylation is 1. The van der Waals surface area contributed by atoms with E-state index in [1.165, 1.54) is 0 Å². The van der Waals surface area contributed by atoms with Crippen LogP contribution in [0.25, 0.3) is 0 Å². The van der Waals surface area contributed by atoms with Gasteiger partial charge in [-0.25, -0.2) is 9.18 Å².